The summed E-state index contributed by atoms with van der Waals surface area (Å²) in [6.07, 6.45) is 5.89. The topological polar surface area (TPSA) is 106 Å². The number of benzene rings is 2. The van der Waals surface area contributed by atoms with E-state index in [1.807, 2.05) is 6.07 Å². The van der Waals surface area contributed by atoms with Gasteiger partial charge in [-0.25, -0.2) is 9.59 Å². The number of piperidine rings is 1. The van der Waals surface area contributed by atoms with Crippen LogP contribution in [-0.2, 0) is 9.59 Å². The Bertz CT molecular complexity index is 1030. The van der Waals surface area contributed by atoms with Crippen molar-refractivity contribution in [3.05, 3.63) is 65.7 Å². The fourth-order valence-corrected chi connectivity index (χ4v) is 4.79. The summed E-state index contributed by atoms with van der Waals surface area (Å²) < 4.78 is 16.7. The van der Waals surface area contributed by atoms with Gasteiger partial charge in [0, 0.05) is 12.2 Å². The third kappa shape index (κ3) is 7.75. The van der Waals surface area contributed by atoms with Crippen molar-refractivity contribution >= 4 is 11.9 Å². The maximum absolute atomic E-state index is 9.55. The number of hydrogen-bond donors (Lipinski definition) is 2. The predicted molar refractivity (Wildman–Crippen MR) is 136 cm³/mol. The smallest absolute Gasteiger partial charge is 0.328 e. The molecule has 0 aromatic heterocycles. The van der Waals surface area contributed by atoms with Gasteiger partial charge in [0.15, 0.2) is 11.5 Å². The Morgan fingerprint density at radius 2 is 1.64 bits per heavy atom. The van der Waals surface area contributed by atoms with Crippen LogP contribution in [0.1, 0.15) is 48.6 Å². The Morgan fingerprint density at radius 1 is 0.972 bits per heavy atom. The molecule has 194 valence electrons. The fourth-order valence-electron chi connectivity index (χ4n) is 4.79. The summed E-state index contributed by atoms with van der Waals surface area (Å²) in [6.45, 7) is 4.37. The van der Waals surface area contributed by atoms with Crippen molar-refractivity contribution in [2.45, 2.75) is 37.5 Å². The van der Waals surface area contributed by atoms with E-state index in [1.54, 1.807) is 14.2 Å². The van der Waals surface area contributed by atoms with Crippen molar-refractivity contribution in [3.8, 4) is 17.2 Å². The highest BCUT2D eigenvalue weighted by atomic mass is 16.5. The van der Waals surface area contributed by atoms with E-state index in [9.17, 15) is 9.59 Å². The van der Waals surface area contributed by atoms with Gasteiger partial charge < -0.3 is 29.3 Å². The lowest BCUT2D eigenvalue weighted by molar-refractivity contribution is -0.134. The molecule has 0 aliphatic carbocycles. The second-order valence-electron chi connectivity index (χ2n) is 8.90. The minimum atomic E-state index is -1.26. The number of ether oxygens (including phenoxy) is 3. The molecule has 1 atom stereocenters. The van der Waals surface area contributed by atoms with Gasteiger partial charge in [-0.1, -0.05) is 24.3 Å². The predicted octanol–water partition coefficient (Wildman–Crippen LogP) is 4.55. The van der Waals surface area contributed by atoms with Crippen molar-refractivity contribution in [3.63, 3.8) is 0 Å². The zero-order chi connectivity index (χ0) is 25.9. The third-order valence-electron chi connectivity index (χ3n) is 6.71. The number of fused-ring (bicyclic) bond motifs is 1. The van der Waals surface area contributed by atoms with Gasteiger partial charge in [-0.05, 0) is 86.5 Å². The lowest BCUT2D eigenvalue weighted by Crippen LogP contribution is -2.34. The first-order chi connectivity index (χ1) is 17.4. The minimum Gasteiger partial charge on any atom is -0.493 e. The fraction of sp³-hybridized carbons (Fsp3) is 0.429. The standard InChI is InChI=1S/C24H31NO3.C4H4O4/c1-26-23-8-7-20(17-24(23)27-2)18-9-13-25(14-10-18)15-11-19-12-16-28-22-6-4-3-5-21(19)22;5-3(6)1-2-4(7)8/h3-8,17-19H,9-16H2,1-2H3;1-2H,(H,5,6)(H,7,8)/b;2-1+. The van der Waals surface area contributed by atoms with Gasteiger partial charge in [0.25, 0.3) is 0 Å². The van der Waals surface area contributed by atoms with E-state index in [1.165, 1.54) is 50.0 Å². The maximum Gasteiger partial charge on any atom is 0.328 e. The molecule has 0 spiro atoms. The number of carboxylic acids is 2. The van der Waals surface area contributed by atoms with Crippen LogP contribution in [0.5, 0.6) is 17.2 Å². The van der Waals surface area contributed by atoms with Crippen molar-refractivity contribution in [2.24, 2.45) is 0 Å². The average Bonchev–Trinajstić information content (AvgIpc) is 2.91. The van der Waals surface area contributed by atoms with E-state index in [-0.39, 0.29) is 0 Å². The number of nitrogens with zero attached hydrogens (tertiary/aromatic N) is 1. The third-order valence-corrected chi connectivity index (χ3v) is 6.71. The molecule has 0 radical (unpaired) electrons. The number of methoxy groups -OCH3 is 2. The van der Waals surface area contributed by atoms with Crippen LogP contribution < -0.4 is 14.2 Å². The molecule has 0 amide bonds. The second-order valence-corrected chi connectivity index (χ2v) is 8.90. The number of carbonyl (C=O) groups is 2. The van der Waals surface area contributed by atoms with E-state index in [4.69, 9.17) is 24.4 Å². The summed E-state index contributed by atoms with van der Waals surface area (Å²) in [4.78, 5) is 21.7. The Hall–Kier alpha value is -3.52. The van der Waals surface area contributed by atoms with Crippen molar-refractivity contribution in [2.75, 3.05) is 40.5 Å². The zero-order valence-electron chi connectivity index (χ0n) is 20.9. The van der Waals surface area contributed by atoms with Gasteiger partial charge in [-0.15, -0.1) is 0 Å². The lowest BCUT2D eigenvalue weighted by Gasteiger charge is -2.34. The molecule has 0 bridgehead atoms. The zero-order valence-corrected chi connectivity index (χ0v) is 20.9. The molecule has 8 nitrogen and oxygen atoms in total. The van der Waals surface area contributed by atoms with Crippen LogP contribution in [0.15, 0.2) is 54.6 Å². The summed E-state index contributed by atoms with van der Waals surface area (Å²) in [5.41, 5.74) is 2.77. The van der Waals surface area contributed by atoms with E-state index in [0.717, 1.165) is 30.3 Å². The Morgan fingerprint density at radius 3 is 2.28 bits per heavy atom. The molecular formula is C28H35NO7. The minimum absolute atomic E-state index is 0.558. The van der Waals surface area contributed by atoms with Gasteiger partial charge in [0.2, 0.25) is 0 Å². The van der Waals surface area contributed by atoms with Crippen molar-refractivity contribution in [1.82, 2.24) is 4.90 Å². The molecule has 2 aliphatic heterocycles. The first-order valence-corrected chi connectivity index (χ1v) is 12.2. The average molecular weight is 498 g/mol. The molecule has 2 aliphatic rings. The molecule has 36 heavy (non-hydrogen) atoms. The van der Waals surface area contributed by atoms with Crippen molar-refractivity contribution in [1.29, 1.82) is 0 Å². The lowest BCUT2D eigenvalue weighted by atomic mass is 9.87. The number of para-hydroxylation sites is 1. The molecule has 2 heterocycles. The van der Waals surface area contributed by atoms with Crippen LogP contribution in [0.2, 0.25) is 0 Å². The maximum atomic E-state index is 9.55. The highest BCUT2D eigenvalue weighted by Gasteiger charge is 2.25. The van der Waals surface area contributed by atoms with Crippen LogP contribution >= 0.6 is 0 Å². The van der Waals surface area contributed by atoms with Gasteiger partial charge >= 0.3 is 11.9 Å². The number of likely N-dealkylation sites (tertiary alicyclic amines) is 1. The molecule has 0 saturated carbocycles. The summed E-state index contributed by atoms with van der Waals surface area (Å²) in [5.74, 6) is 1.46. The molecule has 2 aromatic carbocycles. The molecule has 8 heteroatoms. The second kappa shape index (κ2) is 13.5. The van der Waals surface area contributed by atoms with Crippen LogP contribution in [0.25, 0.3) is 0 Å². The van der Waals surface area contributed by atoms with Crippen LogP contribution in [-0.4, -0.2) is 67.5 Å². The Kier molecular flexibility index (Phi) is 10.2. The normalized spacial score (nSPS) is 17.9. The number of aliphatic carboxylic acids is 2. The molecule has 1 unspecified atom stereocenters. The quantitative estimate of drug-likeness (QED) is 0.512. The Balaban J connectivity index is 0.000000392. The van der Waals surface area contributed by atoms with Crippen LogP contribution in [0.4, 0.5) is 0 Å². The summed E-state index contributed by atoms with van der Waals surface area (Å²) in [5, 5.41) is 15.6. The van der Waals surface area contributed by atoms with E-state index >= 15 is 0 Å². The molecule has 4 rings (SSSR count). The first kappa shape index (κ1) is 27.1. The molecule has 1 fully saturated rings. The molecule has 2 aromatic rings. The van der Waals surface area contributed by atoms with E-state index in [2.05, 4.69) is 41.3 Å². The van der Waals surface area contributed by atoms with E-state index < -0.39 is 11.9 Å². The SMILES string of the molecule is COc1ccc(C2CCN(CCC3CCOc4ccccc43)CC2)cc1OC.O=C(O)/C=C/C(=O)O. The number of carboxylic acid groups (broad SMARTS) is 2. The van der Waals surface area contributed by atoms with Crippen LogP contribution in [0.3, 0.4) is 0 Å². The summed E-state index contributed by atoms with van der Waals surface area (Å²) >= 11 is 0. The van der Waals surface area contributed by atoms with Gasteiger partial charge in [0.05, 0.1) is 20.8 Å². The Labute approximate surface area is 212 Å². The summed E-state index contributed by atoms with van der Waals surface area (Å²) in [7, 11) is 3.39. The first-order valence-electron chi connectivity index (χ1n) is 12.2. The molecule has 1 saturated heterocycles. The van der Waals surface area contributed by atoms with Gasteiger partial charge in [0.1, 0.15) is 5.75 Å². The van der Waals surface area contributed by atoms with Gasteiger partial charge in [-0.3, -0.25) is 0 Å². The number of rotatable bonds is 8. The van der Waals surface area contributed by atoms with E-state index in [0.29, 0.717) is 24.0 Å². The van der Waals surface area contributed by atoms with Crippen LogP contribution in [0, 0.1) is 0 Å². The molecular weight excluding hydrogens is 462 g/mol. The number of hydrogen-bond acceptors (Lipinski definition) is 6. The monoisotopic (exact) mass is 497 g/mol. The van der Waals surface area contributed by atoms with Gasteiger partial charge in [-0.2, -0.15) is 0 Å². The summed E-state index contributed by atoms with van der Waals surface area (Å²) in [6, 6.07) is 14.9. The molecule has 2 N–H and O–H groups in total. The largest absolute Gasteiger partial charge is 0.493 e. The van der Waals surface area contributed by atoms with Crippen molar-refractivity contribution < 1.29 is 34.0 Å². The highest BCUT2D eigenvalue weighted by Crippen LogP contribution is 2.37. The highest BCUT2D eigenvalue weighted by molar-refractivity contribution is 5.89.